The van der Waals surface area contributed by atoms with Crippen molar-refractivity contribution in [2.24, 2.45) is 0 Å². The first kappa shape index (κ1) is 25.3. The molecule has 2 aromatic heterocycles. The topological polar surface area (TPSA) is 97.9 Å². The van der Waals surface area contributed by atoms with Gasteiger partial charge in [0.2, 0.25) is 11.7 Å². The second-order valence-electron chi connectivity index (χ2n) is 9.92. The number of hydrogen-bond acceptors (Lipinski definition) is 6. The van der Waals surface area contributed by atoms with E-state index in [2.05, 4.69) is 16.8 Å². The summed E-state index contributed by atoms with van der Waals surface area (Å²) >= 11 is 6.06. The van der Waals surface area contributed by atoms with Crippen LogP contribution in [0.15, 0.2) is 41.3 Å². The van der Waals surface area contributed by atoms with Gasteiger partial charge in [0.25, 0.3) is 5.56 Å². The molecule has 9 nitrogen and oxygen atoms in total. The highest BCUT2D eigenvalue weighted by Crippen LogP contribution is 2.37. The summed E-state index contributed by atoms with van der Waals surface area (Å²) in [6, 6.07) is 8.49. The Bertz CT molecular complexity index is 1380. The van der Waals surface area contributed by atoms with Crippen LogP contribution in [0.25, 0.3) is 17.0 Å². The number of esters is 1. The van der Waals surface area contributed by atoms with Gasteiger partial charge in [0, 0.05) is 35.9 Å². The molecule has 1 saturated heterocycles. The number of hydrogen-bond donors (Lipinski definition) is 1. The number of nitrogens with zero attached hydrogens (tertiary/aromatic N) is 4. The van der Waals surface area contributed by atoms with Crippen molar-refractivity contribution in [3.8, 4) is 11.3 Å². The van der Waals surface area contributed by atoms with Crippen LogP contribution < -0.4 is 15.8 Å². The fraction of sp³-hybridized carbons (Fsp3) is 0.481. The van der Waals surface area contributed by atoms with Gasteiger partial charge in [0.05, 0.1) is 12.8 Å². The zero-order chi connectivity index (χ0) is 26.2. The maximum Gasteiger partial charge on any atom is 0.331 e. The largest absolute Gasteiger partial charge is 0.467 e. The van der Waals surface area contributed by atoms with Crippen LogP contribution in [0.2, 0.25) is 5.02 Å². The number of benzene rings is 1. The number of methoxy groups -OCH3 is 1. The summed E-state index contributed by atoms with van der Waals surface area (Å²) in [6.07, 6.45) is 7.36. The monoisotopic (exact) mass is 525 g/mol. The van der Waals surface area contributed by atoms with Crippen molar-refractivity contribution in [2.75, 3.05) is 18.6 Å². The number of unbranched alkanes of at least 4 members (excludes halogenated alkanes) is 2. The number of amides is 1. The van der Waals surface area contributed by atoms with Gasteiger partial charge in [-0.15, -0.1) is 0 Å². The van der Waals surface area contributed by atoms with E-state index in [1.165, 1.54) is 7.11 Å². The van der Waals surface area contributed by atoms with Gasteiger partial charge in [-0.25, -0.2) is 9.78 Å². The molecule has 1 aromatic carbocycles. The number of anilines is 1. The number of fused-ring (bicyclic) bond motifs is 1. The first-order valence-corrected chi connectivity index (χ1v) is 13.3. The van der Waals surface area contributed by atoms with Gasteiger partial charge in [0.1, 0.15) is 17.4 Å². The predicted octanol–water partition coefficient (Wildman–Crippen LogP) is 3.80. The first-order valence-electron chi connectivity index (χ1n) is 12.9. The summed E-state index contributed by atoms with van der Waals surface area (Å²) in [5.74, 6) is 0.610. The lowest BCUT2D eigenvalue weighted by molar-refractivity contribution is -0.146. The standard InChI is InChI=1S/C27H32ClN5O4/c1-3-4-5-14-32-22(31-15-6-7-21(31)24(35)30-27(12-13-27)25(36)37-2)16-23(34)33-17-20(29-26(32)33)18-8-10-19(28)11-9-18/h8-11,16-17,21H,3-7,12-15H2,1-2H3,(H,30,35)/t21-/m0/s1. The Hall–Kier alpha value is -3.33. The van der Waals surface area contributed by atoms with Crippen molar-refractivity contribution < 1.29 is 14.3 Å². The lowest BCUT2D eigenvalue weighted by atomic mass is 10.1. The minimum absolute atomic E-state index is 0.205. The van der Waals surface area contributed by atoms with Gasteiger partial charge in [0.15, 0.2) is 0 Å². The zero-order valence-electron chi connectivity index (χ0n) is 21.2. The molecule has 0 unspecified atom stereocenters. The molecular weight excluding hydrogens is 494 g/mol. The van der Waals surface area contributed by atoms with Crippen LogP contribution in [0, 0.1) is 0 Å². The normalized spacial score (nSPS) is 18.2. The highest BCUT2D eigenvalue weighted by Gasteiger charge is 2.53. The lowest BCUT2D eigenvalue weighted by Crippen LogP contribution is -2.52. The van der Waals surface area contributed by atoms with Crippen molar-refractivity contribution in [2.45, 2.75) is 70.0 Å². The van der Waals surface area contributed by atoms with E-state index in [4.69, 9.17) is 21.3 Å². The van der Waals surface area contributed by atoms with Gasteiger partial charge in [-0.3, -0.25) is 18.6 Å². The summed E-state index contributed by atoms with van der Waals surface area (Å²) in [5, 5.41) is 3.57. The number of nitrogens with one attached hydrogen (secondary N) is 1. The molecule has 10 heteroatoms. The molecule has 1 N–H and O–H groups in total. The van der Waals surface area contributed by atoms with E-state index in [1.807, 2.05) is 17.0 Å². The second-order valence-corrected chi connectivity index (χ2v) is 10.4. The first-order chi connectivity index (χ1) is 17.9. The molecule has 2 fully saturated rings. The Balaban J connectivity index is 1.53. The molecule has 5 rings (SSSR count). The minimum Gasteiger partial charge on any atom is -0.467 e. The van der Waals surface area contributed by atoms with Gasteiger partial charge in [-0.05, 0) is 44.2 Å². The maximum atomic E-state index is 13.4. The molecule has 3 aromatic rings. The molecule has 0 spiro atoms. The molecule has 1 aliphatic carbocycles. The third kappa shape index (κ3) is 4.84. The third-order valence-corrected chi connectivity index (χ3v) is 7.61. The number of halogens is 1. The molecule has 196 valence electrons. The maximum absolute atomic E-state index is 13.4. The molecule has 0 bridgehead atoms. The molecule has 1 aliphatic heterocycles. The Morgan fingerprint density at radius 3 is 2.65 bits per heavy atom. The zero-order valence-corrected chi connectivity index (χ0v) is 22.0. The quantitative estimate of drug-likeness (QED) is 0.337. The Morgan fingerprint density at radius 2 is 1.97 bits per heavy atom. The number of aryl methyl sites for hydroxylation is 1. The summed E-state index contributed by atoms with van der Waals surface area (Å²) < 4.78 is 8.53. The SMILES string of the molecule is CCCCCn1c(N2CCC[C@H]2C(=O)NC2(C(=O)OC)CC2)cc(=O)n2cc(-c3ccc(Cl)cc3)nc12. The highest BCUT2D eigenvalue weighted by atomic mass is 35.5. The van der Waals surface area contributed by atoms with Crippen molar-refractivity contribution in [1.29, 1.82) is 0 Å². The van der Waals surface area contributed by atoms with Crippen LogP contribution in [0.3, 0.4) is 0 Å². The molecule has 2 aliphatic rings. The van der Waals surface area contributed by atoms with Crippen molar-refractivity contribution in [3.63, 3.8) is 0 Å². The van der Waals surface area contributed by atoms with E-state index in [1.54, 1.807) is 28.8 Å². The van der Waals surface area contributed by atoms with Crippen LogP contribution >= 0.6 is 11.6 Å². The fourth-order valence-corrected chi connectivity index (χ4v) is 5.27. The number of aromatic nitrogens is 3. The predicted molar refractivity (Wildman–Crippen MR) is 142 cm³/mol. The number of ether oxygens (including phenoxy) is 1. The van der Waals surface area contributed by atoms with Crippen LogP contribution in [0.1, 0.15) is 51.9 Å². The van der Waals surface area contributed by atoms with Crippen LogP contribution in [-0.4, -0.2) is 51.1 Å². The molecular formula is C27H32ClN5O4. The molecule has 37 heavy (non-hydrogen) atoms. The van der Waals surface area contributed by atoms with E-state index in [0.29, 0.717) is 54.7 Å². The van der Waals surface area contributed by atoms with Crippen LogP contribution in [0.4, 0.5) is 5.82 Å². The lowest BCUT2D eigenvalue weighted by Gasteiger charge is -2.30. The third-order valence-electron chi connectivity index (χ3n) is 7.36. The van der Waals surface area contributed by atoms with Crippen molar-refractivity contribution >= 4 is 35.1 Å². The smallest absolute Gasteiger partial charge is 0.331 e. The number of imidazole rings is 1. The highest BCUT2D eigenvalue weighted by molar-refractivity contribution is 6.30. The minimum atomic E-state index is -0.915. The summed E-state index contributed by atoms with van der Waals surface area (Å²) in [7, 11) is 1.34. The number of rotatable bonds is 9. The second kappa shape index (κ2) is 10.2. The van der Waals surface area contributed by atoms with Crippen LogP contribution in [-0.2, 0) is 20.9 Å². The van der Waals surface area contributed by atoms with Crippen molar-refractivity contribution in [3.05, 3.63) is 51.9 Å². The van der Waals surface area contributed by atoms with E-state index in [0.717, 1.165) is 31.2 Å². The summed E-state index contributed by atoms with van der Waals surface area (Å²) in [5.41, 5.74) is 0.426. The molecule has 0 radical (unpaired) electrons. The summed E-state index contributed by atoms with van der Waals surface area (Å²) in [4.78, 5) is 45.7. The molecule has 1 saturated carbocycles. The van der Waals surface area contributed by atoms with Gasteiger partial charge in [-0.2, -0.15) is 0 Å². The number of carbonyl (C=O) groups excluding carboxylic acids is 2. The van der Waals surface area contributed by atoms with E-state index < -0.39 is 17.6 Å². The van der Waals surface area contributed by atoms with E-state index in [9.17, 15) is 14.4 Å². The fourth-order valence-electron chi connectivity index (χ4n) is 5.15. The molecule has 1 atom stereocenters. The van der Waals surface area contributed by atoms with Gasteiger partial charge in [-0.1, -0.05) is 43.5 Å². The average Bonchev–Trinajstić information content (AvgIpc) is 3.30. The molecule has 3 heterocycles. The van der Waals surface area contributed by atoms with Crippen molar-refractivity contribution in [1.82, 2.24) is 19.3 Å². The van der Waals surface area contributed by atoms with Crippen LogP contribution in [0.5, 0.6) is 0 Å². The van der Waals surface area contributed by atoms with E-state index >= 15 is 0 Å². The Morgan fingerprint density at radius 1 is 1.22 bits per heavy atom. The Kier molecular flexibility index (Phi) is 6.98. The van der Waals surface area contributed by atoms with Gasteiger partial charge >= 0.3 is 5.97 Å². The molecule has 1 amide bonds. The number of carbonyl (C=O) groups is 2. The Labute approximate surface area is 220 Å². The van der Waals surface area contributed by atoms with Gasteiger partial charge < -0.3 is 15.0 Å². The van der Waals surface area contributed by atoms with E-state index in [-0.39, 0.29) is 11.5 Å². The average molecular weight is 526 g/mol. The summed E-state index contributed by atoms with van der Waals surface area (Å²) in [6.45, 7) is 3.45.